The number of para-hydroxylation sites is 1. The minimum atomic E-state index is 0.746. The first-order valence-corrected chi connectivity index (χ1v) is 7.95. The summed E-state index contributed by atoms with van der Waals surface area (Å²) in [6.07, 6.45) is 4.30. The first-order chi connectivity index (χ1) is 9.85. The number of nitrogens with zero attached hydrogens (tertiary/aromatic N) is 2. The summed E-state index contributed by atoms with van der Waals surface area (Å²) < 4.78 is 5.43. The Kier molecular flexibility index (Phi) is 4.33. The summed E-state index contributed by atoms with van der Waals surface area (Å²) in [4.78, 5) is 6.92. The van der Waals surface area contributed by atoms with Crippen LogP contribution in [-0.2, 0) is 13.0 Å². The zero-order chi connectivity index (χ0) is 13.8. The Hall–Kier alpha value is -1.39. The lowest BCUT2D eigenvalue weighted by molar-refractivity contribution is 0.308. The van der Waals surface area contributed by atoms with Crippen molar-refractivity contribution in [2.45, 2.75) is 19.4 Å². The number of likely N-dealkylation sites (tertiary alicyclic amines) is 1. The van der Waals surface area contributed by atoms with E-state index in [9.17, 15) is 0 Å². The molecule has 0 bridgehead atoms. The van der Waals surface area contributed by atoms with Crippen molar-refractivity contribution in [3.63, 3.8) is 0 Å². The van der Waals surface area contributed by atoms with Crippen LogP contribution in [0.3, 0.4) is 0 Å². The second-order valence-electron chi connectivity index (χ2n) is 5.33. The van der Waals surface area contributed by atoms with Crippen LogP contribution in [0.1, 0.15) is 17.0 Å². The predicted molar refractivity (Wildman–Crippen MR) is 82.2 cm³/mol. The average molecular weight is 288 g/mol. The van der Waals surface area contributed by atoms with Gasteiger partial charge in [0.25, 0.3) is 0 Å². The van der Waals surface area contributed by atoms with Crippen LogP contribution >= 0.6 is 11.3 Å². The van der Waals surface area contributed by atoms with Gasteiger partial charge in [0, 0.05) is 36.7 Å². The van der Waals surface area contributed by atoms with E-state index in [1.54, 1.807) is 18.4 Å². The number of rotatable bonds is 5. The number of thiazole rings is 1. The fourth-order valence-corrected chi connectivity index (χ4v) is 3.63. The molecule has 1 aliphatic heterocycles. The van der Waals surface area contributed by atoms with Crippen molar-refractivity contribution >= 4 is 11.3 Å². The van der Waals surface area contributed by atoms with E-state index in [0.29, 0.717) is 0 Å². The summed E-state index contributed by atoms with van der Waals surface area (Å²) >= 11 is 1.77. The third-order valence-corrected chi connectivity index (χ3v) is 4.71. The van der Waals surface area contributed by atoms with E-state index in [0.717, 1.165) is 31.2 Å². The van der Waals surface area contributed by atoms with E-state index in [2.05, 4.69) is 27.4 Å². The Bertz CT molecular complexity index is 541. The van der Waals surface area contributed by atoms with Crippen LogP contribution in [0.4, 0.5) is 0 Å². The molecule has 3 nitrogen and oxygen atoms in total. The lowest BCUT2D eigenvalue weighted by atomic mass is 10.1. The monoisotopic (exact) mass is 288 g/mol. The molecule has 0 amide bonds. The fourth-order valence-electron chi connectivity index (χ4n) is 2.90. The number of aromatic nitrogens is 1. The predicted octanol–water partition coefficient (Wildman–Crippen LogP) is 3.22. The smallest absolute Gasteiger partial charge is 0.123 e. The van der Waals surface area contributed by atoms with Gasteiger partial charge >= 0.3 is 0 Å². The van der Waals surface area contributed by atoms with Gasteiger partial charge in [0.1, 0.15) is 5.75 Å². The van der Waals surface area contributed by atoms with Gasteiger partial charge in [-0.25, -0.2) is 4.98 Å². The molecule has 3 rings (SSSR count). The Balaban J connectivity index is 1.57. The molecule has 4 heteroatoms. The number of ether oxygens (including phenoxy) is 1. The molecule has 106 valence electrons. The van der Waals surface area contributed by atoms with Crippen molar-refractivity contribution in [3.05, 3.63) is 46.4 Å². The van der Waals surface area contributed by atoms with Crippen LogP contribution in [-0.4, -0.2) is 30.1 Å². The van der Waals surface area contributed by atoms with E-state index in [1.807, 2.05) is 18.3 Å². The van der Waals surface area contributed by atoms with Crippen LogP contribution in [0, 0.1) is 5.92 Å². The molecule has 0 radical (unpaired) electrons. The molecule has 20 heavy (non-hydrogen) atoms. The van der Waals surface area contributed by atoms with Crippen LogP contribution < -0.4 is 4.74 Å². The third kappa shape index (κ3) is 3.19. The minimum absolute atomic E-state index is 0.746. The molecule has 0 unspecified atom stereocenters. The van der Waals surface area contributed by atoms with Crippen LogP contribution in [0.25, 0.3) is 0 Å². The van der Waals surface area contributed by atoms with Gasteiger partial charge in [-0.3, -0.25) is 4.90 Å². The molecule has 1 fully saturated rings. The quantitative estimate of drug-likeness (QED) is 0.844. The van der Waals surface area contributed by atoms with Gasteiger partial charge in [-0.1, -0.05) is 18.2 Å². The number of hydrogen-bond acceptors (Lipinski definition) is 4. The standard InChI is InChI=1S/C16H20N2OS/c1-19-15-5-3-2-4-14(15)12-18-8-6-13(11-18)10-16-17-7-9-20-16/h2-5,7,9,13H,6,8,10-12H2,1H3/t13-/m0/s1. The van der Waals surface area contributed by atoms with Crippen molar-refractivity contribution in [2.75, 3.05) is 20.2 Å². The van der Waals surface area contributed by atoms with E-state index in [-0.39, 0.29) is 0 Å². The Morgan fingerprint density at radius 2 is 2.30 bits per heavy atom. The molecule has 2 heterocycles. The average Bonchev–Trinajstić information content (AvgIpc) is 3.12. The molecule has 1 saturated heterocycles. The van der Waals surface area contributed by atoms with Crippen molar-refractivity contribution in [2.24, 2.45) is 5.92 Å². The van der Waals surface area contributed by atoms with Crippen molar-refractivity contribution in [3.8, 4) is 5.75 Å². The number of benzene rings is 1. The van der Waals surface area contributed by atoms with Gasteiger partial charge in [-0.2, -0.15) is 0 Å². The molecular weight excluding hydrogens is 268 g/mol. The van der Waals surface area contributed by atoms with Gasteiger partial charge in [0.2, 0.25) is 0 Å². The Morgan fingerprint density at radius 1 is 1.40 bits per heavy atom. The SMILES string of the molecule is COc1ccccc1CN1CC[C@@H](Cc2nccs2)C1. The van der Waals surface area contributed by atoms with Gasteiger partial charge in [-0.05, 0) is 24.9 Å². The van der Waals surface area contributed by atoms with Gasteiger partial charge in [-0.15, -0.1) is 11.3 Å². The van der Waals surface area contributed by atoms with E-state index >= 15 is 0 Å². The topological polar surface area (TPSA) is 25.4 Å². The van der Waals surface area contributed by atoms with Crippen LogP contribution in [0.5, 0.6) is 5.75 Å². The zero-order valence-electron chi connectivity index (χ0n) is 11.8. The highest BCUT2D eigenvalue weighted by atomic mass is 32.1. The largest absolute Gasteiger partial charge is 0.496 e. The second kappa shape index (κ2) is 6.37. The summed E-state index contributed by atoms with van der Waals surface area (Å²) in [5, 5.41) is 3.34. The molecule has 2 aromatic rings. The van der Waals surface area contributed by atoms with E-state index < -0.39 is 0 Å². The lowest BCUT2D eigenvalue weighted by Crippen LogP contribution is -2.21. The maximum atomic E-state index is 5.43. The molecule has 1 aromatic heterocycles. The minimum Gasteiger partial charge on any atom is -0.496 e. The first-order valence-electron chi connectivity index (χ1n) is 7.08. The summed E-state index contributed by atoms with van der Waals surface area (Å²) in [7, 11) is 1.74. The van der Waals surface area contributed by atoms with E-state index in [4.69, 9.17) is 4.74 Å². The lowest BCUT2D eigenvalue weighted by Gasteiger charge is -2.17. The first kappa shape index (κ1) is 13.6. The van der Waals surface area contributed by atoms with Crippen molar-refractivity contribution in [1.29, 1.82) is 0 Å². The Labute approximate surface area is 124 Å². The van der Waals surface area contributed by atoms with Gasteiger partial charge in [0.15, 0.2) is 0 Å². The highest BCUT2D eigenvalue weighted by Crippen LogP contribution is 2.25. The highest BCUT2D eigenvalue weighted by Gasteiger charge is 2.23. The summed E-state index contributed by atoms with van der Waals surface area (Å²) in [6, 6.07) is 8.31. The molecular formula is C16H20N2OS. The second-order valence-corrected chi connectivity index (χ2v) is 6.31. The molecule has 1 aliphatic rings. The van der Waals surface area contributed by atoms with Crippen LogP contribution in [0.15, 0.2) is 35.8 Å². The molecule has 0 N–H and O–H groups in total. The van der Waals surface area contributed by atoms with Crippen molar-refractivity contribution in [1.82, 2.24) is 9.88 Å². The Morgan fingerprint density at radius 3 is 3.10 bits per heavy atom. The number of methoxy groups -OCH3 is 1. The normalized spacial score (nSPS) is 19.4. The molecule has 0 spiro atoms. The third-order valence-electron chi connectivity index (χ3n) is 3.90. The fraction of sp³-hybridized carbons (Fsp3) is 0.438. The maximum Gasteiger partial charge on any atom is 0.123 e. The maximum absolute atomic E-state index is 5.43. The zero-order valence-corrected chi connectivity index (χ0v) is 12.6. The van der Waals surface area contributed by atoms with Crippen molar-refractivity contribution < 1.29 is 4.74 Å². The summed E-state index contributed by atoms with van der Waals surface area (Å²) in [5.74, 6) is 1.74. The van der Waals surface area contributed by atoms with Gasteiger partial charge < -0.3 is 4.74 Å². The molecule has 1 aromatic carbocycles. The van der Waals surface area contributed by atoms with E-state index in [1.165, 1.54) is 23.5 Å². The van der Waals surface area contributed by atoms with Crippen LogP contribution in [0.2, 0.25) is 0 Å². The number of hydrogen-bond donors (Lipinski definition) is 0. The molecule has 0 saturated carbocycles. The summed E-state index contributed by atoms with van der Waals surface area (Å²) in [5.41, 5.74) is 1.28. The molecule has 1 atom stereocenters. The molecule has 0 aliphatic carbocycles. The highest BCUT2D eigenvalue weighted by molar-refractivity contribution is 7.09. The summed E-state index contributed by atoms with van der Waals surface area (Å²) in [6.45, 7) is 3.32. The van der Waals surface area contributed by atoms with Gasteiger partial charge in [0.05, 0.1) is 12.1 Å².